The van der Waals surface area contributed by atoms with Crippen molar-refractivity contribution in [2.24, 2.45) is 5.92 Å². The zero-order valence-corrected chi connectivity index (χ0v) is 31.3. The molecule has 0 aliphatic carbocycles. The van der Waals surface area contributed by atoms with Gasteiger partial charge in [-0.05, 0) is 67.5 Å². The Hall–Kier alpha value is -6.09. The Balaban J connectivity index is 1.53. The van der Waals surface area contributed by atoms with Crippen LogP contribution in [-0.4, -0.2) is 82.2 Å². The highest BCUT2D eigenvalue weighted by molar-refractivity contribution is 6.08. The zero-order valence-electron chi connectivity index (χ0n) is 31.3. The first-order chi connectivity index (χ1) is 26.3. The summed E-state index contributed by atoms with van der Waals surface area (Å²) in [5.41, 5.74) is 3.74. The van der Waals surface area contributed by atoms with Gasteiger partial charge in [0.2, 0.25) is 23.6 Å². The maximum atomic E-state index is 13.8. The molecule has 15 nitrogen and oxygen atoms in total. The van der Waals surface area contributed by atoms with E-state index in [4.69, 9.17) is 0 Å². The van der Waals surface area contributed by atoms with Crippen LogP contribution < -0.4 is 32.1 Å². The topological polar surface area (TPSA) is 215 Å². The van der Waals surface area contributed by atoms with Crippen LogP contribution in [0.25, 0.3) is 0 Å². The molecule has 7 N–H and O–H groups in total. The SMILES string of the molecule is CC(=O)N1CCC[C@H]1C(=O)NC(CC(C)C)C(=O)NC(C(=O)NO)C(=O)NC(Cc1ccc(NC(=O)c2ccccc2)cc1)C(=O)N[C@@H](C)c1ccccc1. The molecule has 15 heteroatoms. The van der Waals surface area contributed by atoms with Crippen molar-refractivity contribution < 1.29 is 38.8 Å². The third-order valence-electron chi connectivity index (χ3n) is 9.20. The van der Waals surface area contributed by atoms with Gasteiger partial charge in [0.1, 0.15) is 18.1 Å². The van der Waals surface area contributed by atoms with Gasteiger partial charge < -0.3 is 31.5 Å². The number of rotatable bonds is 16. The number of benzene rings is 3. The van der Waals surface area contributed by atoms with Gasteiger partial charge in [0, 0.05) is 31.1 Å². The quantitative estimate of drug-likeness (QED) is 0.0653. The summed E-state index contributed by atoms with van der Waals surface area (Å²) >= 11 is 0. The minimum atomic E-state index is -2.01. The smallest absolute Gasteiger partial charge is 0.275 e. The van der Waals surface area contributed by atoms with E-state index in [1.165, 1.54) is 17.3 Å². The monoisotopic (exact) mass is 755 g/mol. The molecule has 1 aliphatic heterocycles. The molecule has 1 heterocycles. The summed E-state index contributed by atoms with van der Waals surface area (Å²) in [7, 11) is 0. The normalized spacial score (nSPS) is 15.8. The van der Waals surface area contributed by atoms with Gasteiger partial charge in [-0.25, -0.2) is 5.48 Å². The fourth-order valence-electron chi connectivity index (χ4n) is 6.30. The average molecular weight is 756 g/mol. The van der Waals surface area contributed by atoms with Gasteiger partial charge in [-0.1, -0.05) is 74.5 Å². The summed E-state index contributed by atoms with van der Waals surface area (Å²) in [6, 6.07) is 18.7. The van der Waals surface area contributed by atoms with E-state index in [9.17, 15) is 38.8 Å². The molecule has 0 bridgehead atoms. The number of carbonyl (C=O) groups excluding carboxylic acids is 7. The molecule has 0 aromatic heterocycles. The number of hydrogen-bond acceptors (Lipinski definition) is 8. The van der Waals surface area contributed by atoms with Gasteiger partial charge in [0.05, 0.1) is 6.04 Å². The highest BCUT2D eigenvalue weighted by Gasteiger charge is 2.37. The van der Waals surface area contributed by atoms with E-state index in [1.807, 2.05) is 44.2 Å². The highest BCUT2D eigenvalue weighted by atomic mass is 16.5. The molecule has 1 aliphatic rings. The minimum Gasteiger partial charge on any atom is -0.348 e. The Morgan fingerprint density at radius 3 is 1.95 bits per heavy atom. The second kappa shape index (κ2) is 19.8. The van der Waals surface area contributed by atoms with Crippen LogP contribution in [0.5, 0.6) is 0 Å². The van der Waals surface area contributed by atoms with E-state index in [-0.39, 0.29) is 30.6 Å². The Kier molecular flexibility index (Phi) is 15.0. The number of nitrogens with one attached hydrogen (secondary N) is 6. The number of hydrogen-bond donors (Lipinski definition) is 7. The van der Waals surface area contributed by atoms with Crippen LogP contribution >= 0.6 is 0 Å². The Labute approximate surface area is 320 Å². The molecule has 3 aromatic rings. The summed E-state index contributed by atoms with van der Waals surface area (Å²) in [4.78, 5) is 93.5. The molecule has 292 valence electrons. The van der Waals surface area contributed by atoms with Gasteiger partial charge in [-0.15, -0.1) is 0 Å². The predicted octanol–water partition coefficient (Wildman–Crippen LogP) is 2.38. The Bertz CT molecular complexity index is 1820. The summed E-state index contributed by atoms with van der Waals surface area (Å²) in [6.45, 7) is 7.16. The Morgan fingerprint density at radius 1 is 0.727 bits per heavy atom. The van der Waals surface area contributed by atoms with Crippen molar-refractivity contribution >= 4 is 47.0 Å². The fourth-order valence-corrected chi connectivity index (χ4v) is 6.30. The summed E-state index contributed by atoms with van der Waals surface area (Å²) in [5, 5.41) is 22.8. The van der Waals surface area contributed by atoms with Crippen LogP contribution in [0.1, 0.15) is 74.5 Å². The first-order valence-corrected chi connectivity index (χ1v) is 18.2. The summed E-state index contributed by atoms with van der Waals surface area (Å²) in [5.74, 6) is -5.11. The molecule has 55 heavy (non-hydrogen) atoms. The van der Waals surface area contributed by atoms with Gasteiger partial charge in [0.15, 0.2) is 6.04 Å². The van der Waals surface area contributed by atoms with Gasteiger partial charge >= 0.3 is 0 Å². The van der Waals surface area contributed by atoms with Crippen molar-refractivity contribution in [1.29, 1.82) is 0 Å². The summed E-state index contributed by atoms with van der Waals surface area (Å²) < 4.78 is 0. The third-order valence-corrected chi connectivity index (χ3v) is 9.20. The number of anilines is 1. The molecule has 3 unspecified atom stereocenters. The molecule has 1 saturated heterocycles. The Morgan fingerprint density at radius 2 is 1.35 bits per heavy atom. The van der Waals surface area contributed by atoms with Crippen LogP contribution in [0.4, 0.5) is 5.69 Å². The van der Waals surface area contributed by atoms with Gasteiger partial charge in [0.25, 0.3) is 17.7 Å². The first kappa shape index (κ1) is 41.7. The van der Waals surface area contributed by atoms with Crippen molar-refractivity contribution in [3.05, 3.63) is 102 Å². The standard InChI is InChI=1S/C40H49N7O8/c1-24(2)22-31(43-38(52)33-16-11-21-47(33)26(4)48)37(51)45-34(40(54)46-55)39(53)44-32(36(50)41-25(3)28-12-7-5-8-13-28)23-27-17-19-30(20-18-27)42-35(49)29-14-9-6-10-15-29/h5-10,12-15,17-20,24-25,31-34,55H,11,16,21-23H2,1-4H3,(H,41,50)(H,42,49)(H,43,52)(H,44,53)(H,45,51)(H,46,54)/t25-,31?,32?,33-,34?/m0/s1. The van der Waals surface area contributed by atoms with E-state index < -0.39 is 59.7 Å². The molecule has 4 rings (SSSR count). The van der Waals surface area contributed by atoms with Crippen molar-refractivity contribution in [3.63, 3.8) is 0 Å². The molecule has 1 fully saturated rings. The van der Waals surface area contributed by atoms with Gasteiger partial charge in [-0.3, -0.25) is 38.8 Å². The molecule has 0 saturated carbocycles. The molecule has 5 atom stereocenters. The molecule has 7 amide bonds. The molecule has 3 aromatic carbocycles. The number of nitrogens with zero attached hydrogens (tertiary/aromatic N) is 1. The average Bonchev–Trinajstić information content (AvgIpc) is 3.68. The number of likely N-dealkylation sites (tertiary alicyclic amines) is 1. The van der Waals surface area contributed by atoms with E-state index in [2.05, 4.69) is 26.6 Å². The maximum absolute atomic E-state index is 13.8. The first-order valence-electron chi connectivity index (χ1n) is 18.2. The lowest BCUT2D eigenvalue weighted by Gasteiger charge is -2.28. The molecule has 0 spiro atoms. The van der Waals surface area contributed by atoms with Crippen molar-refractivity contribution in [1.82, 2.24) is 31.6 Å². The van der Waals surface area contributed by atoms with Crippen LogP contribution in [0.3, 0.4) is 0 Å². The second-order valence-corrected chi connectivity index (χ2v) is 13.9. The van der Waals surface area contributed by atoms with E-state index in [0.717, 1.165) is 5.56 Å². The zero-order chi connectivity index (χ0) is 40.1. The van der Waals surface area contributed by atoms with Crippen LogP contribution in [-0.2, 0) is 35.2 Å². The molecular weight excluding hydrogens is 706 g/mol. The lowest BCUT2D eigenvalue weighted by atomic mass is 10.0. The van der Waals surface area contributed by atoms with E-state index in [0.29, 0.717) is 36.2 Å². The lowest BCUT2D eigenvalue weighted by Crippen LogP contribution is -2.62. The van der Waals surface area contributed by atoms with Crippen molar-refractivity contribution in [2.45, 2.75) is 83.6 Å². The van der Waals surface area contributed by atoms with Crippen LogP contribution in [0, 0.1) is 5.92 Å². The number of amides is 7. The summed E-state index contributed by atoms with van der Waals surface area (Å²) in [6.07, 6.45) is 1.10. The number of carbonyl (C=O) groups is 7. The minimum absolute atomic E-state index is 0.0620. The maximum Gasteiger partial charge on any atom is 0.275 e. The lowest BCUT2D eigenvalue weighted by molar-refractivity contribution is -0.143. The predicted molar refractivity (Wildman–Crippen MR) is 203 cm³/mol. The fraction of sp³-hybridized carbons (Fsp3) is 0.375. The van der Waals surface area contributed by atoms with Crippen molar-refractivity contribution in [3.8, 4) is 0 Å². The third kappa shape index (κ3) is 12.0. The van der Waals surface area contributed by atoms with Crippen LogP contribution in [0.2, 0.25) is 0 Å². The van der Waals surface area contributed by atoms with E-state index in [1.54, 1.807) is 61.5 Å². The van der Waals surface area contributed by atoms with Gasteiger partial charge in [-0.2, -0.15) is 0 Å². The van der Waals surface area contributed by atoms with E-state index >= 15 is 0 Å². The van der Waals surface area contributed by atoms with Crippen LogP contribution in [0.15, 0.2) is 84.9 Å². The largest absolute Gasteiger partial charge is 0.348 e. The number of hydroxylamine groups is 1. The van der Waals surface area contributed by atoms with Crippen molar-refractivity contribution in [2.75, 3.05) is 11.9 Å². The molecule has 0 radical (unpaired) electrons. The highest BCUT2D eigenvalue weighted by Crippen LogP contribution is 2.19. The molecular formula is C40H49N7O8. The second-order valence-electron chi connectivity index (χ2n) is 13.9.